The second-order valence-corrected chi connectivity index (χ2v) is 4.86. The maximum atomic E-state index is 10.5. The first-order valence-corrected chi connectivity index (χ1v) is 6.15. The lowest BCUT2D eigenvalue weighted by molar-refractivity contribution is -0.142. The van der Waals surface area contributed by atoms with Crippen LogP contribution in [0.2, 0.25) is 0 Å². The third kappa shape index (κ3) is 1.52. The molecule has 0 aliphatic carbocycles. The number of fused-ring (bicyclic) bond motifs is 1. The average Bonchev–Trinajstić information content (AvgIpc) is 3.03. The Morgan fingerprint density at radius 1 is 1.57 bits per heavy atom. The van der Waals surface area contributed by atoms with Gasteiger partial charge in [0, 0.05) is 0 Å². The Balaban J connectivity index is 2.29. The average molecular weight is 291 g/mol. The highest BCUT2D eigenvalue weighted by atomic mass is 16.6. The summed E-state index contributed by atoms with van der Waals surface area (Å²) in [6.07, 6.45) is -0.216. The predicted octanol–water partition coefficient (Wildman–Crippen LogP) is -1.86. The van der Waals surface area contributed by atoms with E-state index in [0.717, 1.165) is 0 Å². The molecule has 2 aromatic rings. The second-order valence-electron chi connectivity index (χ2n) is 4.86. The lowest BCUT2D eigenvalue weighted by Crippen LogP contribution is -2.56. The van der Waals surface area contributed by atoms with Crippen molar-refractivity contribution in [1.82, 2.24) is 14.6 Å². The molecule has 9 heteroatoms. The van der Waals surface area contributed by atoms with E-state index in [4.69, 9.17) is 10.5 Å². The van der Waals surface area contributed by atoms with E-state index in [1.54, 1.807) is 6.07 Å². The number of nitrogen functional groups attached to an aromatic ring is 1. The van der Waals surface area contributed by atoms with E-state index in [-0.39, 0.29) is 18.1 Å². The minimum absolute atomic E-state index is 0.155. The molecule has 3 heterocycles. The molecular formula is C12H13N5O4. The molecule has 3 atom stereocenters. The summed E-state index contributed by atoms with van der Waals surface area (Å²) in [5.74, 6) is 0.190. The Morgan fingerprint density at radius 3 is 3.00 bits per heavy atom. The molecule has 0 saturated carbocycles. The van der Waals surface area contributed by atoms with Gasteiger partial charge < -0.3 is 25.8 Å². The maximum Gasteiger partial charge on any atom is 0.230 e. The summed E-state index contributed by atoms with van der Waals surface area (Å²) in [5.41, 5.74) is 2.17. The van der Waals surface area contributed by atoms with Gasteiger partial charge in [-0.15, -0.1) is 0 Å². The maximum absolute atomic E-state index is 10.5. The number of aromatic nitrogens is 3. The topological polar surface area (TPSA) is 150 Å². The highest BCUT2D eigenvalue weighted by Gasteiger charge is 2.64. The lowest BCUT2D eigenvalue weighted by atomic mass is 9.80. The van der Waals surface area contributed by atoms with Gasteiger partial charge in [0.15, 0.2) is 11.4 Å². The van der Waals surface area contributed by atoms with Gasteiger partial charge in [-0.2, -0.15) is 10.4 Å². The van der Waals surface area contributed by atoms with Crippen LogP contribution >= 0.6 is 0 Å². The van der Waals surface area contributed by atoms with Crippen LogP contribution in [0.3, 0.4) is 0 Å². The summed E-state index contributed by atoms with van der Waals surface area (Å²) in [5, 5.41) is 43.5. The Kier molecular flexibility index (Phi) is 2.86. The number of hydrogen-bond acceptors (Lipinski definition) is 8. The molecule has 110 valence electrons. The minimum Gasteiger partial charge on any atom is -0.393 e. The number of nitrogens with two attached hydrogens (primary N) is 1. The molecule has 1 fully saturated rings. The van der Waals surface area contributed by atoms with Gasteiger partial charge in [-0.05, 0) is 12.1 Å². The molecule has 0 bridgehead atoms. The zero-order chi connectivity index (χ0) is 15.3. The minimum atomic E-state index is -2.17. The molecule has 9 nitrogen and oxygen atoms in total. The SMILES string of the molecule is N#C[C@@]1(c2ccc3c(N)ncnn23)OC[C@H](O)[C@]1(O)CO. The van der Waals surface area contributed by atoms with Crippen LogP contribution in [0.1, 0.15) is 5.69 Å². The third-order valence-electron chi connectivity index (χ3n) is 3.86. The van der Waals surface area contributed by atoms with Crippen molar-refractivity contribution in [3.63, 3.8) is 0 Å². The predicted molar refractivity (Wildman–Crippen MR) is 68.7 cm³/mol. The Bertz CT molecular complexity index is 741. The highest BCUT2D eigenvalue weighted by molar-refractivity contribution is 5.66. The number of nitriles is 1. The number of rotatable bonds is 2. The van der Waals surface area contributed by atoms with Gasteiger partial charge in [-0.1, -0.05) is 0 Å². The monoisotopic (exact) mass is 291 g/mol. The zero-order valence-corrected chi connectivity index (χ0v) is 10.8. The van der Waals surface area contributed by atoms with E-state index in [1.165, 1.54) is 16.9 Å². The summed E-state index contributed by atoms with van der Waals surface area (Å²) >= 11 is 0. The first-order valence-electron chi connectivity index (χ1n) is 6.15. The highest BCUT2D eigenvalue weighted by Crippen LogP contribution is 2.44. The Hall–Kier alpha value is -2.25. The number of aliphatic hydroxyl groups is 3. The van der Waals surface area contributed by atoms with Gasteiger partial charge in [0.05, 0.1) is 18.9 Å². The zero-order valence-electron chi connectivity index (χ0n) is 10.8. The molecule has 0 radical (unpaired) electrons. The van der Waals surface area contributed by atoms with E-state index in [0.29, 0.717) is 5.52 Å². The number of nitrogens with zero attached hydrogens (tertiary/aromatic N) is 4. The van der Waals surface area contributed by atoms with Crippen LogP contribution < -0.4 is 5.73 Å². The molecule has 1 aliphatic heterocycles. The fourth-order valence-corrected chi connectivity index (χ4v) is 2.62. The van der Waals surface area contributed by atoms with Crippen LogP contribution in [-0.4, -0.2) is 54.8 Å². The van der Waals surface area contributed by atoms with E-state index in [1.807, 2.05) is 6.07 Å². The van der Waals surface area contributed by atoms with Crippen molar-refractivity contribution in [2.24, 2.45) is 0 Å². The summed E-state index contributed by atoms with van der Waals surface area (Å²) in [6, 6.07) is 4.90. The van der Waals surface area contributed by atoms with Gasteiger partial charge >= 0.3 is 0 Å². The summed E-state index contributed by atoms with van der Waals surface area (Å²) < 4.78 is 6.65. The molecule has 0 amide bonds. The molecule has 2 aromatic heterocycles. The molecule has 5 N–H and O–H groups in total. The smallest absolute Gasteiger partial charge is 0.230 e. The van der Waals surface area contributed by atoms with Gasteiger partial charge in [0.1, 0.15) is 24.0 Å². The van der Waals surface area contributed by atoms with Crippen molar-refractivity contribution in [1.29, 1.82) is 5.26 Å². The first kappa shape index (κ1) is 13.7. The van der Waals surface area contributed by atoms with Crippen LogP contribution in [0.5, 0.6) is 0 Å². The first-order chi connectivity index (χ1) is 10.00. The van der Waals surface area contributed by atoms with Gasteiger partial charge in [0.25, 0.3) is 0 Å². The molecule has 21 heavy (non-hydrogen) atoms. The number of hydrogen-bond donors (Lipinski definition) is 4. The molecule has 0 spiro atoms. The largest absolute Gasteiger partial charge is 0.393 e. The van der Waals surface area contributed by atoms with Gasteiger partial charge in [-0.3, -0.25) is 0 Å². The van der Waals surface area contributed by atoms with Crippen LogP contribution in [0, 0.1) is 11.3 Å². The Morgan fingerprint density at radius 2 is 2.33 bits per heavy atom. The number of aliphatic hydroxyl groups excluding tert-OH is 2. The Labute approximate surface area is 118 Å². The second kappa shape index (κ2) is 4.37. The fourth-order valence-electron chi connectivity index (χ4n) is 2.62. The van der Waals surface area contributed by atoms with Crippen molar-refractivity contribution < 1.29 is 20.1 Å². The quantitative estimate of drug-likeness (QED) is 0.503. The van der Waals surface area contributed by atoms with E-state index >= 15 is 0 Å². The van der Waals surface area contributed by atoms with E-state index < -0.39 is 23.9 Å². The van der Waals surface area contributed by atoms with Crippen LogP contribution in [-0.2, 0) is 10.3 Å². The lowest BCUT2D eigenvalue weighted by Gasteiger charge is -2.34. The van der Waals surface area contributed by atoms with Crippen LogP contribution in [0.25, 0.3) is 5.52 Å². The molecular weight excluding hydrogens is 278 g/mol. The number of anilines is 1. The fraction of sp³-hybridized carbons (Fsp3) is 0.417. The van der Waals surface area contributed by atoms with Gasteiger partial charge in [-0.25, -0.2) is 9.50 Å². The van der Waals surface area contributed by atoms with Crippen LogP contribution in [0.15, 0.2) is 18.5 Å². The molecule has 0 aromatic carbocycles. The summed E-state index contributed by atoms with van der Waals surface area (Å²) in [7, 11) is 0. The van der Waals surface area contributed by atoms with Crippen molar-refractivity contribution in [2.45, 2.75) is 17.3 Å². The van der Waals surface area contributed by atoms with Gasteiger partial charge in [0.2, 0.25) is 5.60 Å². The van der Waals surface area contributed by atoms with Crippen molar-refractivity contribution in [3.05, 3.63) is 24.2 Å². The normalized spacial score (nSPS) is 32.4. The van der Waals surface area contributed by atoms with Crippen molar-refractivity contribution in [3.8, 4) is 6.07 Å². The molecule has 3 rings (SSSR count). The van der Waals surface area contributed by atoms with Crippen LogP contribution in [0.4, 0.5) is 5.82 Å². The molecule has 1 aliphatic rings. The summed E-state index contributed by atoms with van der Waals surface area (Å²) in [6.45, 7) is -1.14. The standard InChI is InChI=1S/C12H13N5O4/c13-4-12(11(20,5-18)9(19)3-21-12)8-2-1-7-10(14)15-6-16-17(7)8/h1-2,6,9,18-20H,3,5H2,(H2,14,15,16)/t9-,11+,12-/m0/s1. The third-order valence-corrected chi connectivity index (χ3v) is 3.86. The molecule has 0 unspecified atom stereocenters. The van der Waals surface area contributed by atoms with E-state index in [2.05, 4.69) is 10.1 Å². The van der Waals surface area contributed by atoms with Crippen molar-refractivity contribution >= 4 is 11.3 Å². The molecule has 1 saturated heterocycles. The number of ether oxygens (including phenoxy) is 1. The van der Waals surface area contributed by atoms with E-state index in [9.17, 15) is 20.6 Å². The van der Waals surface area contributed by atoms with Crippen molar-refractivity contribution in [2.75, 3.05) is 18.9 Å². The summed E-state index contributed by atoms with van der Waals surface area (Å²) in [4.78, 5) is 3.83.